The minimum atomic E-state index is 0.737. The molecule has 1 aromatic carbocycles. The first-order chi connectivity index (χ1) is 9.38. The molecule has 0 atom stereocenters. The fourth-order valence-electron chi connectivity index (χ4n) is 2.53. The van der Waals surface area contributed by atoms with Crippen molar-refractivity contribution in [2.75, 3.05) is 39.3 Å². The molecular weight excluding hydrogens is 236 g/mol. The number of ether oxygens (including phenoxy) is 1. The molecule has 0 unspecified atom stereocenters. The van der Waals surface area contributed by atoms with Gasteiger partial charge >= 0.3 is 0 Å². The first-order valence-electron chi connectivity index (χ1n) is 7.46. The second-order valence-electron chi connectivity index (χ2n) is 5.05. The van der Waals surface area contributed by atoms with E-state index in [1.54, 1.807) is 0 Å². The van der Waals surface area contributed by atoms with Gasteiger partial charge in [0.2, 0.25) is 0 Å². The van der Waals surface area contributed by atoms with Crippen LogP contribution in [0.25, 0.3) is 0 Å². The van der Waals surface area contributed by atoms with Gasteiger partial charge < -0.3 is 9.64 Å². The van der Waals surface area contributed by atoms with E-state index in [1.165, 1.54) is 31.5 Å². The van der Waals surface area contributed by atoms with E-state index < -0.39 is 0 Å². The van der Waals surface area contributed by atoms with Gasteiger partial charge in [-0.25, -0.2) is 5.32 Å². The van der Waals surface area contributed by atoms with Crippen LogP contribution in [0.3, 0.4) is 0 Å². The Hall–Kier alpha value is -1.06. The molecule has 0 saturated carbocycles. The van der Waals surface area contributed by atoms with Crippen molar-refractivity contribution in [2.24, 2.45) is 0 Å². The zero-order chi connectivity index (χ0) is 13.3. The number of rotatable bonds is 6. The second kappa shape index (κ2) is 8.18. The monoisotopic (exact) mass is 261 g/mol. The van der Waals surface area contributed by atoms with Gasteiger partial charge in [0.15, 0.2) is 0 Å². The molecule has 1 fully saturated rings. The van der Waals surface area contributed by atoms with E-state index in [4.69, 9.17) is 4.74 Å². The lowest BCUT2D eigenvalue weighted by molar-refractivity contribution is 0.288. The maximum atomic E-state index is 5.54. The van der Waals surface area contributed by atoms with Crippen LogP contribution in [-0.2, 0) is 6.42 Å². The summed E-state index contributed by atoms with van der Waals surface area (Å²) in [5.74, 6) is 0.994. The Morgan fingerprint density at radius 3 is 3.11 bits per heavy atom. The van der Waals surface area contributed by atoms with E-state index in [1.807, 2.05) is 13.0 Å². The Labute approximate surface area is 116 Å². The van der Waals surface area contributed by atoms with Crippen molar-refractivity contribution >= 4 is 0 Å². The van der Waals surface area contributed by atoms with Crippen LogP contribution in [0.5, 0.6) is 5.75 Å². The van der Waals surface area contributed by atoms with Crippen LogP contribution in [0, 0.1) is 0 Å². The molecule has 1 radical (unpaired) electrons. The average Bonchev–Trinajstić information content (AvgIpc) is 2.68. The van der Waals surface area contributed by atoms with E-state index in [0.717, 1.165) is 38.4 Å². The molecule has 2 rings (SSSR count). The Balaban J connectivity index is 1.73. The Morgan fingerprint density at radius 2 is 2.21 bits per heavy atom. The van der Waals surface area contributed by atoms with Crippen LogP contribution in [0.15, 0.2) is 24.3 Å². The number of benzene rings is 1. The van der Waals surface area contributed by atoms with Crippen LogP contribution < -0.4 is 10.1 Å². The van der Waals surface area contributed by atoms with Crippen molar-refractivity contribution in [1.82, 2.24) is 10.2 Å². The average molecular weight is 261 g/mol. The minimum Gasteiger partial charge on any atom is -0.494 e. The molecule has 105 valence electrons. The van der Waals surface area contributed by atoms with Crippen LogP contribution >= 0.6 is 0 Å². The van der Waals surface area contributed by atoms with Crippen LogP contribution in [0.4, 0.5) is 0 Å². The zero-order valence-corrected chi connectivity index (χ0v) is 12.0. The summed E-state index contributed by atoms with van der Waals surface area (Å²) in [4.78, 5) is 2.54. The Kier molecular flexibility index (Phi) is 6.18. The van der Waals surface area contributed by atoms with E-state index in [-0.39, 0.29) is 0 Å². The summed E-state index contributed by atoms with van der Waals surface area (Å²) in [6.07, 6.45) is 3.57. The van der Waals surface area contributed by atoms with Gasteiger partial charge in [-0.3, -0.25) is 0 Å². The highest BCUT2D eigenvalue weighted by Gasteiger charge is 2.08. The molecule has 19 heavy (non-hydrogen) atoms. The number of aryl methyl sites for hydroxylation is 1. The van der Waals surface area contributed by atoms with Crippen LogP contribution in [0.2, 0.25) is 0 Å². The molecule has 1 aliphatic rings. The summed E-state index contributed by atoms with van der Waals surface area (Å²) in [6, 6.07) is 8.48. The van der Waals surface area contributed by atoms with Crippen molar-refractivity contribution in [1.29, 1.82) is 0 Å². The second-order valence-corrected chi connectivity index (χ2v) is 5.05. The lowest BCUT2D eigenvalue weighted by atomic mass is 10.1. The number of hydrogen-bond donors (Lipinski definition) is 0. The van der Waals surface area contributed by atoms with Crippen molar-refractivity contribution < 1.29 is 4.74 Å². The highest BCUT2D eigenvalue weighted by atomic mass is 16.5. The number of hydrogen-bond acceptors (Lipinski definition) is 2. The van der Waals surface area contributed by atoms with Crippen molar-refractivity contribution in [2.45, 2.75) is 26.2 Å². The molecule has 3 nitrogen and oxygen atoms in total. The quantitative estimate of drug-likeness (QED) is 0.785. The third kappa shape index (κ3) is 5.21. The van der Waals surface area contributed by atoms with Crippen molar-refractivity contribution in [3.63, 3.8) is 0 Å². The van der Waals surface area contributed by atoms with Crippen LogP contribution in [0.1, 0.15) is 25.3 Å². The van der Waals surface area contributed by atoms with Gasteiger partial charge in [-0.1, -0.05) is 12.1 Å². The summed E-state index contributed by atoms with van der Waals surface area (Å²) in [7, 11) is 0. The molecule has 1 aliphatic heterocycles. The third-order valence-corrected chi connectivity index (χ3v) is 3.51. The summed E-state index contributed by atoms with van der Waals surface area (Å²) in [5.41, 5.74) is 1.38. The largest absolute Gasteiger partial charge is 0.494 e. The fraction of sp³-hybridized carbons (Fsp3) is 0.625. The summed E-state index contributed by atoms with van der Waals surface area (Å²) < 4.78 is 5.54. The summed E-state index contributed by atoms with van der Waals surface area (Å²) in [5, 5.41) is 4.46. The topological polar surface area (TPSA) is 26.6 Å². The van der Waals surface area contributed by atoms with Crippen molar-refractivity contribution in [3.05, 3.63) is 29.8 Å². The predicted octanol–water partition coefficient (Wildman–Crippen LogP) is 2.33. The molecule has 1 aromatic rings. The molecule has 0 bridgehead atoms. The third-order valence-electron chi connectivity index (χ3n) is 3.51. The SMILES string of the molecule is CCOc1cccc(CCCN2CCC[N]CC2)c1. The van der Waals surface area contributed by atoms with E-state index in [9.17, 15) is 0 Å². The van der Waals surface area contributed by atoms with Gasteiger partial charge in [0.1, 0.15) is 5.75 Å². The molecule has 0 spiro atoms. The standard InChI is InChI=1S/C16H25N2O/c1-2-19-16-8-3-6-15(14-16)7-4-11-18-12-5-9-17-10-13-18/h3,6,8,14H,2,4-5,7,9-13H2,1H3. The zero-order valence-electron chi connectivity index (χ0n) is 12.0. The lowest BCUT2D eigenvalue weighted by Crippen LogP contribution is -2.28. The first-order valence-corrected chi connectivity index (χ1v) is 7.46. The molecule has 3 heteroatoms. The molecule has 1 saturated heterocycles. The van der Waals surface area contributed by atoms with Crippen LogP contribution in [-0.4, -0.2) is 44.2 Å². The van der Waals surface area contributed by atoms with Gasteiger partial charge in [0, 0.05) is 19.6 Å². The van der Waals surface area contributed by atoms with Gasteiger partial charge in [-0.05, 0) is 57.0 Å². The lowest BCUT2D eigenvalue weighted by Gasteiger charge is -2.19. The normalized spacial score (nSPS) is 17.1. The maximum Gasteiger partial charge on any atom is 0.119 e. The summed E-state index contributed by atoms with van der Waals surface area (Å²) >= 11 is 0. The fourth-order valence-corrected chi connectivity index (χ4v) is 2.53. The predicted molar refractivity (Wildman–Crippen MR) is 78.9 cm³/mol. The summed E-state index contributed by atoms with van der Waals surface area (Å²) in [6.45, 7) is 8.36. The first kappa shape index (κ1) is 14.4. The van der Waals surface area contributed by atoms with E-state index >= 15 is 0 Å². The minimum absolute atomic E-state index is 0.737. The molecular formula is C16H25N2O. The number of nitrogens with zero attached hydrogens (tertiary/aromatic N) is 2. The van der Waals surface area contributed by atoms with E-state index in [2.05, 4.69) is 28.4 Å². The van der Waals surface area contributed by atoms with Gasteiger partial charge in [-0.2, -0.15) is 0 Å². The Bertz CT molecular complexity index is 360. The molecule has 0 aromatic heterocycles. The van der Waals surface area contributed by atoms with Crippen molar-refractivity contribution in [3.8, 4) is 5.75 Å². The smallest absolute Gasteiger partial charge is 0.119 e. The molecule has 1 heterocycles. The highest BCUT2D eigenvalue weighted by Crippen LogP contribution is 2.14. The molecule has 0 N–H and O–H groups in total. The van der Waals surface area contributed by atoms with Gasteiger partial charge in [0.25, 0.3) is 0 Å². The van der Waals surface area contributed by atoms with Gasteiger partial charge in [-0.15, -0.1) is 0 Å². The van der Waals surface area contributed by atoms with E-state index in [0.29, 0.717) is 0 Å². The molecule has 0 amide bonds. The highest BCUT2D eigenvalue weighted by molar-refractivity contribution is 5.28. The Morgan fingerprint density at radius 1 is 1.26 bits per heavy atom. The maximum absolute atomic E-state index is 5.54. The van der Waals surface area contributed by atoms with Gasteiger partial charge in [0.05, 0.1) is 6.61 Å². The molecule has 0 aliphatic carbocycles.